The van der Waals surface area contributed by atoms with Crippen LogP contribution in [0.2, 0.25) is 0 Å². The van der Waals surface area contributed by atoms with Crippen molar-refractivity contribution in [3.05, 3.63) is 64.2 Å². The average Bonchev–Trinajstić information content (AvgIpc) is 2.79. The monoisotopic (exact) mass is 421 g/mol. The van der Waals surface area contributed by atoms with Crippen molar-refractivity contribution >= 4 is 23.4 Å². The molecule has 2 aromatic rings. The van der Waals surface area contributed by atoms with Crippen LogP contribution >= 0.6 is 11.8 Å². The number of ether oxygens (including phenoxy) is 2. The van der Waals surface area contributed by atoms with Crippen LogP contribution in [-0.2, 0) is 4.79 Å². The van der Waals surface area contributed by atoms with Crippen LogP contribution in [0.5, 0.6) is 11.5 Å². The first kappa shape index (κ1) is 20.2. The van der Waals surface area contributed by atoms with Gasteiger partial charge in [0.15, 0.2) is 0 Å². The lowest BCUT2D eigenvalue weighted by Gasteiger charge is -2.42. The van der Waals surface area contributed by atoms with Gasteiger partial charge in [0.05, 0.1) is 43.4 Å². The Kier molecular flexibility index (Phi) is 5.60. The quantitative estimate of drug-likeness (QED) is 0.736. The number of nitriles is 1. The van der Waals surface area contributed by atoms with Gasteiger partial charge in [-0.3, -0.25) is 9.69 Å². The van der Waals surface area contributed by atoms with Crippen molar-refractivity contribution in [2.75, 3.05) is 31.7 Å². The molecule has 2 aliphatic rings. The highest BCUT2D eigenvalue weighted by molar-refractivity contribution is 8.03. The third-order valence-electron chi connectivity index (χ3n) is 5.50. The Morgan fingerprint density at radius 1 is 1.13 bits per heavy atom. The van der Waals surface area contributed by atoms with Crippen molar-refractivity contribution in [1.29, 1.82) is 5.26 Å². The van der Waals surface area contributed by atoms with Crippen molar-refractivity contribution in [3.8, 4) is 17.6 Å². The average molecular weight is 422 g/mol. The second kappa shape index (κ2) is 8.33. The molecule has 0 unspecified atom stereocenters. The Bertz CT molecular complexity index is 1040. The van der Waals surface area contributed by atoms with E-state index >= 15 is 0 Å². The molecule has 4 rings (SSSR count). The molecular formula is C23H23N3O3S. The molecule has 2 aliphatic heterocycles. The predicted molar refractivity (Wildman–Crippen MR) is 117 cm³/mol. The lowest BCUT2D eigenvalue weighted by atomic mass is 9.86. The number of allylic oxidation sites excluding steroid dienone is 1. The molecule has 0 aromatic heterocycles. The Labute approximate surface area is 180 Å². The molecule has 1 saturated heterocycles. The maximum absolute atomic E-state index is 13.1. The molecule has 1 fully saturated rings. The lowest BCUT2D eigenvalue weighted by molar-refractivity contribution is -0.129. The Morgan fingerprint density at radius 3 is 2.57 bits per heavy atom. The highest BCUT2D eigenvalue weighted by atomic mass is 32.2. The van der Waals surface area contributed by atoms with Crippen LogP contribution in [0.4, 0.5) is 5.69 Å². The van der Waals surface area contributed by atoms with E-state index in [9.17, 15) is 10.1 Å². The maximum Gasteiger partial charge on any atom is 0.229 e. The van der Waals surface area contributed by atoms with Gasteiger partial charge in [0.2, 0.25) is 5.91 Å². The van der Waals surface area contributed by atoms with Crippen LogP contribution in [0.25, 0.3) is 0 Å². The summed E-state index contributed by atoms with van der Waals surface area (Å²) in [5, 5.41) is 10.7. The number of carbonyl (C=O) groups excluding carboxylic acids is 1. The molecule has 0 bridgehead atoms. The number of amides is 1. The SMILES string of the molecule is COc1ccc(OC)c([C@H]2CC(=O)N3CN(c4ccc(C)cc4)CSC3=C2C#N)c1. The number of carbonyl (C=O) groups is 1. The normalized spacial score (nSPS) is 18.7. The maximum atomic E-state index is 13.1. The topological polar surface area (TPSA) is 65.8 Å². The zero-order valence-electron chi connectivity index (χ0n) is 17.2. The first-order valence-electron chi connectivity index (χ1n) is 9.66. The molecule has 1 amide bonds. The molecule has 2 heterocycles. The number of anilines is 1. The van der Waals surface area contributed by atoms with E-state index in [4.69, 9.17) is 9.47 Å². The van der Waals surface area contributed by atoms with Crippen LogP contribution in [0.15, 0.2) is 53.1 Å². The fourth-order valence-corrected chi connectivity index (χ4v) is 5.03. The number of nitrogens with zero attached hydrogens (tertiary/aromatic N) is 3. The first-order valence-corrected chi connectivity index (χ1v) is 10.6. The van der Waals surface area contributed by atoms with E-state index in [0.29, 0.717) is 29.6 Å². The van der Waals surface area contributed by atoms with Crippen molar-refractivity contribution in [2.24, 2.45) is 0 Å². The minimum absolute atomic E-state index is 0.00295. The van der Waals surface area contributed by atoms with Gasteiger partial charge >= 0.3 is 0 Å². The molecule has 1 atom stereocenters. The zero-order chi connectivity index (χ0) is 21.3. The molecule has 7 heteroatoms. The third kappa shape index (κ3) is 3.59. The van der Waals surface area contributed by atoms with Gasteiger partial charge in [-0.15, -0.1) is 0 Å². The summed E-state index contributed by atoms with van der Waals surface area (Å²) in [7, 11) is 3.19. The minimum Gasteiger partial charge on any atom is -0.497 e. The summed E-state index contributed by atoms with van der Waals surface area (Å²) in [6, 6.07) is 16.1. The summed E-state index contributed by atoms with van der Waals surface area (Å²) in [6.45, 7) is 2.49. The summed E-state index contributed by atoms with van der Waals surface area (Å²) >= 11 is 1.53. The van der Waals surface area contributed by atoms with E-state index in [1.807, 2.05) is 18.2 Å². The smallest absolute Gasteiger partial charge is 0.229 e. The summed E-state index contributed by atoms with van der Waals surface area (Å²) in [5.41, 5.74) is 3.67. The second-order valence-electron chi connectivity index (χ2n) is 7.31. The van der Waals surface area contributed by atoms with E-state index in [1.54, 1.807) is 19.1 Å². The van der Waals surface area contributed by atoms with Crippen LogP contribution in [0.3, 0.4) is 0 Å². The summed E-state index contributed by atoms with van der Waals surface area (Å²) in [5.74, 6) is 1.65. The number of thioether (sulfide) groups is 1. The van der Waals surface area contributed by atoms with E-state index in [0.717, 1.165) is 16.3 Å². The van der Waals surface area contributed by atoms with Gasteiger partial charge in [-0.25, -0.2) is 0 Å². The van der Waals surface area contributed by atoms with Gasteiger partial charge in [-0.2, -0.15) is 5.26 Å². The van der Waals surface area contributed by atoms with Gasteiger partial charge in [0.1, 0.15) is 11.5 Å². The van der Waals surface area contributed by atoms with Crippen LogP contribution in [0.1, 0.15) is 23.5 Å². The highest BCUT2D eigenvalue weighted by Gasteiger charge is 2.39. The highest BCUT2D eigenvalue weighted by Crippen LogP contribution is 2.45. The molecule has 0 N–H and O–H groups in total. The van der Waals surface area contributed by atoms with Gasteiger partial charge in [-0.05, 0) is 37.3 Å². The molecule has 154 valence electrons. The molecule has 30 heavy (non-hydrogen) atoms. The van der Waals surface area contributed by atoms with Crippen LogP contribution < -0.4 is 14.4 Å². The van der Waals surface area contributed by atoms with E-state index in [1.165, 1.54) is 17.3 Å². The number of hydrogen-bond acceptors (Lipinski definition) is 6. The molecule has 0 saturated carbocycles. The number of benzene rings is 2. The first-order chi connectivity index (χ1) is 14.5. The number of fused-ring (bicyclic) bond motifs is 1. The fourth-order valence-electron chi connectivity index (χ4n) is 3.86. The second-order valence-corrected chi connectivity index (χ2v) is 8.24. The molecule has 2 aromatic carbocycles. The standard InChI is InChI=1S/C23H23N3O3S/c1-15-4-6-16(7-5-15)25-13-26-22(27)11-18(20(12-24)23(26)30-14-25)19-10-17(28-2)8-9-21(19)29-3/h4-10,18H,11,13-14H2,1-3H3/t18-/m1/s1. The Hall–Kier alpha value is -3.11. The summed E-state index contributed by atoms with van der Waals surface area (Å²) in [4.78, 5) is 17.0. The van der Waals surface area contributed by atoms with Gasteiger partial charge in [0, 0.05) is 23.6 Å². The Morgan fingerprint density at radius 2 is 1.90 bits per heavy atom. The van der Waals surface area contributed by atoms with Gasteiger partial charge in [0.25, 0.3) is 0 Å². The van der Waals surface area contributed by atoms with E-state index in [-0.39, 0.29) is 18.2 Å². The fraction of sp³-hybridized carbons (Fsp3) is 0.304. The van der Waals surface area contributed by atoms with Crippen molar-refractivity contribution in [2.45, 2.75) is 19.3 Å². The van der Waals surface area contributed by atoms with Crippen LogP contribution in [0, 0.1) is 18.3 Å². The number of hydrogen-bond donors (Lipinski definition) is 0. The largest absolute Gasteiger partial charge is 0.497 e. The molecule has 0 spiro atoms. The van der Waals surface area contributed by atoms with Crippen molar-refractivity contribution in [1.82, 2.24) is 4.90 Å². The minimum atomic E-state index is -0.350. The van der Waals surface area contributed by atoms with Gasteiger partial charge < -0.3 is 14.4 Å². The number of aryl methyl sites for hydroxylation is 1. The molecular weight excluding hydrogens is 398 g/mol. The number of methoxy groups -OCH3 is 2. The lowest BCUT2D eigenvalue weighted by Crippen LogP contribution is -2.47. The third-order valence-corrected chi connectivity index (χ3v) is 6.66. The van der Waals surface area contributed by atoms with E-state index in [2.05, 4.69) is 42.2 Å². The summed E-state index contributed by atoms with van der Waals surface area (Å²) < 4.78 is 10.9. The summed E-state index contributed by atoms with van der Waals surface area (Å²) in [6.07, 6.45) is 0.220. The molecule has 0 aliphatic carbocycles. The number of rotatable bonds is 4. The van der Waals surface area contributed by atoms with Gasteiger partial charge in [-0.1, -0.05) is 29.5 Å². The zero-order valence-corrected chi connectivity index (χ0v) is 18.0. The van der Waals surface area contributed by atoms with E-state index < -0.39 is 0 Å². The molecule has 6 nitrogen and oxygen atoms in total. The van der Waals surface area contributed by atoms with Crippen molar-refractivity contribution < 1.29 is 14.3 Å². The molecule has 0 radical (unpaired) electrons. The Balaban J connectivity index is 1.70. The van der Waals surface area contributed by atoms with Crippen LogP contribution in [-0.4, -0.2) is 37.6 Å². The predicted octanol–water partition coefficient (Wildman–Crippen LogP) is 4.23. The van der Waals surface area contributed by atoms with Crippen molar-refractivity contribution in [3.63, 3.8) is 0 Å².